The predicted molar refractivity (Wildman–Crippen MR) is 84.4 cm³/mol. The van der Waals surface area contributed by atoms with E-state index in [9.17, 15) is 38.9 Å². The van der Waals surface area contributed by atoms with E-state index in [1.54, 1.807) is 0 Å². The molecule has 0 saturated heterocycles. The molecule has 136 valence electrons. The number of rotatable bonds is 4. The van der Waals surface area contributed by atoms with E-state index in [0.717, 1.165) is 6.07 Å². The molecule has 0 fully saturated rings. The van der Waals surface area contributed by atoms with Crippen LogP contribution in [0.2, 0.25) is 0 Å². The Bertz CT molecular complexity index is 1230. The fraction of sp³-hybridized carbons (Fsp3) is 0.0769. The summed E-state index contributed by atoms with van der Waals surface area (Å²) >= 11 is 0. The number of hydrogen-bond acceptors (Lipinski definition) is 8. The van der Waals surface area contributed by atoms with Crippen LogP contribution in [0.25, 0.3) is 16.3 Å². The van der Waals surface area contributed by atoms with Gasteiger partial charge in [-0.3, -0.25) is 4.55 Å². The van der Waals surface area contributed by atoms with E-state index >= 15 is 0 Å². The van der Waals surface area contributed by atoms with Crippen molar-refractivity contribution in [2.24, 2.45) is 0 Å². The molecule has 0 radical (unpaired) electrons. The van der Waals surface area contributed by atoms with Crippen molar-refractivity contribution in [2.75, 3.05) is 0 Å². The third-order valence-electron chi connectivity index (χ3n) is 3.27. The van der Waals surface area contributed by atoms with Crippen molar-refractivity contribution in [3.05, 3.63) is 36.4 Å². The molecule has 0 unspecified atom stereocenters. The molecule has 0 aliphatic rings. The van der Waals surface area contributed by atoms with E-state index in [1.807, 2.05) is 0 Å². The molecule has 9 nitrogen and oxygen atoms in total. The number of hydrogen-bond donors (Lipinski definition) is 1. The summed E-state index contributed by atoms with van der Waals surface area (Å²) in [5, 5.41) is -0.651. The van der Waals surface area contributed by atoms with Gasteiger partial charge in [0.25, 0.3) is 10.1 Å². The zero-order valence-electron chi connectivity index (χ0n) is 14.5. The van der Waals surface area contributed by atoms with Crippen LogP contribution in [0.5, 0.6) is 0 Å². The Hall–Kier alpha value is 1.44. The van der Waals surface area contributed by atoms with Crippen LogP contribution < -0.4 is 103 Å². The Morgan fingerprint density at radius 1 is 0.852 bits per heavy atom. The van der Waals surface area contributed by atoms with Crippen LogP contribution in [-0.4, -0.2) is 38.9 Å². The fourth-order valence-electron chi connectivity index (χ4n) is 2.51. The van der Waals surface area contributed by atoms with Gasteiger partial charge in [0, 0.05) is 10.9 Å². The molecule has 0 spiro atoms. The summed E-state index contributed by atoms with van der Waals surface area (Å²) < 4.78 is 103. The number of fused-ring (bicyclic) bond motifs is 1. The average Bonchev–Trinajstić information content (AvgIpc) is 2.41. The van der Waals surface area contributed by atoms with Crippen LogP contribution in [-0.2, 0) is 30.4 Å². The maximum absolute atomic E-state index is 11.8. The van der Waals surface area contributed by atoms with Crippen LogP contribution in [0.15, 0.2) is 45.5 Å². The van der Waals surface area contributed by atoms with Gasteiger partial charge in [0.2, 0.25) is 0 Å². The van der Waals surface area contributed by atoms with Gasteiger partial charge in [-0.1, -0.05) is 30.8 Å². The molecule has 0 aliphatic heterocycles. The molecule has 0 aliphatic carbocycles. The second kappa shape index (κ2) is 9.71. The van der Waals surface area contributed by atoms with Crippen molar-refractivity contribution >= 4 is 46.7 Å². The van der Waals surface area contributed by atoms with Crippen molar-refractivity contribution < 1.29 is 142 Å². The van der Waals surface area contributed by atoms with E-state index in [1.165, 1.54) is 25.1 Å². The van der Waals surface area contributed by atoms with E-state index in [2.05, 4.69) is 6.58 Å². The molecule has 14 heteroatoms. The molecule has 0 atom stereocenters. The van der Waals surface area contributed by atoms with Crippen LogP contribution in [0.3, 0.4) is 0 Å². The molecule has 2 rings (SSSR count). The maximum Gasteiger partial charge on any atom is 1.00 e. The van der Waals surface area contributed by atoms with Gasteiger partial charge < -0.3 is 9.11 Å². The van der Waals surface area contributed by atoms with E-state index in [4.69, 9.17) is 0 Å². The Morgan fingerprint density at radius 3 is 1.59 bits per heavy atom. The minimum atomic E-state index is -5.79. The van der Waals surface area contributed by atoms with Crippen LogP contribution in [0, 0.1) is 0 Å². The second-order valence-corrected chi connectivity index (χ2v) is 9.06. The van der Waals surface area contributed by atoms with Crippen molar-refractivity contribution in [3.8, 4) is 0 Å². The molecular formula is C13H10K2O9S3. The Labute approximate surface area is 241 Å². The molecule has 27 heavy (non-hydrogen) atoms. The number of allylic oxidation sites excluding steroid dienone is 1. The maximum atomic E-state index is 11.8. The zero-order chi connectivity index (χ0) is 19.4. The molecule has 2 aromatic rings. The first kappa shape index (κ1) is 28.4. The van der Waals surface area contributed by atoms with Gasteiger partial charge in [-0.05, 0) is 17.9 Å². The SMILES string of the molecule is C=C(C)c1c(S(=O)(=O)O)c(S(=O)(=O)[O-])c(S(=O)(=O)[O-])c2ccccc12.[K+].[K+]. The van der Waals surface area contributed by atoms with Crippen LogP contribution in [0.4, 0.5) is 0 Å². The van der Waals surface area contributed by atoms with Crippen molar-refractivity contribution in [2.45, 2.75) is 21.6 Å². The monoisotopic (exact) mass is 484 g/mol. The summed E-state index contributed by atoms with van der Waals surface area (Å²) in [5.41, 5.74) is -0.552. The van der Waals surface area contributed by atoms with Gasteiger partial charge in [0.1, 0.15) is 25.1 Å². The van der Waals surface area contributed by atoms with Gasteiger partial charge in [0.15, 0.2) is 0 Å². The Morgan fingerprint density at radius 2 is 1.26 bits per heavy atom. The molecule has 1 N–H and O–H groups in total. The predicted octanol–water partition coefficient (Wildman–Crippen LogP) is -5.06. The standard InChI is InChI=1S/C13H12O9S3.2K/c1-7(2)10-8-5-3-4-6-9(8)11(23(14,15)16)13(25(20,21)22)12(10)24(17,18)19;;/h3-6H,1H2,2H3,(H,14,15,16)(H,17,18,19)(H,20,21,22);;/q;2*+1/p-2. The van der Waals surface area contributed by atoms with Gasteiger partial charge in [-0.15, -0.1) is 0 Å². The number of benzene rings is 2. The van der Waals surface area contributed by atoms with E-state index < -0.39 is 56.0 Å². The summed E-state index contributed by atoms with van der Waals surface area (Å²) in [6.45, 7) is 4.72. The van der Waals surface area contributed by atoms with Crippen molar-refractivity contribution in [3.63, 3.8) is 0 Å². The van der Waals surface area contributed by atoms with Gasteiger partial charge >= 0.3 is 103 Å². The first-order valence-electron chi connectivity index (χ1n) is 6.31. The first-order valence-corrected chi connectivity index (χ1v) is 10.6. The van der Waals surface area contributed by atoms with Crippen molar-refractivity contribution in [1.82, 2.24) is 0 Å². The van der Waals surface area contributed by atoms with E-state index in [0.29, 0.717) is 0 Å². The minimum Gasteiger partial charge on any atom is -0.744 e. The molecular weight excluding hydrogens is 475 g/mol. The molecule has 0 amide bonds. The molecule has 0 saturated carbocycles. The molecule has 0 aromatic heterocycles. The summed E-state index contributed by atoms with van der Waals surface area (Å²) in [7, 11) is -16.8. The zero-order valence-corrected chi connectivity index (χ0v) is 23.2. The second-order valence-electron chi connectivity index (χ2n) is 5.07. The normalized spacial score (nSPS) is 12.1. The van der Waals surface area contributed by atoms with E-state index in [-0.39, 0.29) is 114 Å². The average molecular weight is 485 g/mol. The first-order chi connectivity index (χ1) is 11.2. The van der Waals surface area contributed by atoms with Crippen LogP contribution >= 0.6 is 0 Å². The largest absolute Gasteiger partial charge is 1.00 e. The summed E-state index contributed by atoms with van der Waals surface area (Å²) in [6, 6.07) is 4.85. The topological polar surface area (TPSA) is 169 Å². The van der Waals surface area contributed by atoms with Crippen LogP contribution in [0.1, 0.15) is 12.5 Å². The molecule has 0 heterocycles. The smallest absolute Gasteiger partial charge is 0.744 e. The third-order valence-corrected chi connectivity index (χ3v) is 6.28. The Kier molecular flexibility index (Phi) is 10.2. The van der Waals surface area contributed by atoms with Gasteiger partial charge in [0.05, 0.1) is 9.79 Å². The Balaban J connectivity index is 0.00000338. The summed E-state index contributed by atoms with van der Waals surface area (Å²) in [5.74, 6) is 0. The molecule has 2 aromatic carbocycles. The summed E-state index contributed by atoms with van der Waals surface area (Å²) in [4.78, 5) is -4.83. The molecule has 0 bridgehead atoms. The summed E-state index contributed by atoms with van der Waals surface area (Å²) in [6.07, 6.45) is 0. The van der Waals surface area contributed by atoms with Crippen molar-refractivity contribution in [1.29, 1.82) is 0 Å². The minimum absolute atomic E-state index is 0. The van der Waals surface area contributed by atoms with Gasteiger partial charge in [-0.2, -0.15) is 8.42 Å². The fourth-order valence-corrected chi connectivity index (χ4v) is 6.13. The third kappa shape index (κ3) is 5.99. The quantitative estimate of drug-likeness (QED) is 0.330. The van der Waals surface area contributed by atoms with Gasteiger partial charge in [-0.25, -0.2) is 16.8 Å².